The lowest BCUT2D eigenvalue weighted by atomic mass is 10.0. The minimum absolute atomic E-state index is 0.0225. The lowest BCUT2D eigenvalue weighted by Gasteiger charge is -2.30. The fourth-order valence-electron chi connectivity index (χ4n) is 11.5. The van der Waals surface area contributed by atoms with E-state index in [1.54, 1.807) is 0 Å². The van der Waals surface area contributed by atoms with Gasteiger partial charge >= 0.3 is 5.97 Å². The van der Waals surface area contributed by atoms with E-state index in [2.05, 4.69) is 74.7 Å². The molecule has 0 aromatic carbocycles. The Morgan fingerprint density at radius 2 is 0.685 bits per heavy atom. The number of likely N-dealkylation sites (N-methyl/N-ethyl adjacent to an activating group) is 1. The van der Waals surface area contributed by atoms with Crippen molar-refractivity contribution in [2.24, 2.45) is 0 Å². The molecule has 1 amide bonds. The number of carbonyl (C=O) groups excluding carboxylic acids is 2. The third kappa shape index (κ3) is 69.9. The van der Waals surface area contributed by atoms with Gasteiger partial charge in [-0.2, -0.15) is 0 Å². The molecule has 0 saturated carbocycles. The lowest BCUT2D eigenvalue weighted by Crippen LogP contribution is -2.47. The molecule has 522 valence electrons. The maximum Gasteiger partial charge on any atom is 0.306 e. The van der Waals surface area contributed by atoms with E-state index < -0.39 is 20.0 Å². The minimum atomic E-state index is -4.71. The van der Waals surface area contributed by atoms with E-state index in [0.717, 1.165) is 89.9 Å². The zero-order chi connectivity index (χ0) is 64.9. The summed E-state index contributed by atoms with van der Waals surface area (Å²) in [5.74, 6) is -0.532. The average molecular weight is 1270 g/mol. The number of quaternary nitrogens is 1. The molecule has 0 rings (SSSR count). The van der Waals surface area contributed by atoms with Gasteiger partial charge in [-0.1, -0.05) is 352 Å². The molecule has 0 aliphatic heterocycles. The van der Waals surface area contributed by atoms with Crippen LogP contribution in [0.25, 0.3) is 0 Å². The zero-order valence-corrected chi connectivity index (χ0v) is 60.8. The molecule has 0 heterocycles. The Bertz CT molecular complexity index is 1700. The lowest BCUT2D eigenvalue weighted by molar-refractivity contribution is -0.870. The van der Waals surface area contributed by atoms with Crippen LogP contribution < -0.4 is 10.2 Å². The molecule has 0 aromatic rings. The van der Waals surface area contributed by atoms with Gasteiger partial charge in [0, 0.05) is 12.8 Å². The van der Waals surface area contributed by atoms with E-state index in [1.165, 1.54) is 257 Å². The summed E-state index contributed by atoms with van der Waals surface area (Å²) in [6.07, 6.45) is 89.4. The summed E-state index contributed by atoms with van der Waals surface area (Å²) in [7, 11) is 1.19. The van der Waals surface area contributed by atoms with E-state index in [4.69, 9.17) is 13.8 Å². The van der Waals surface area contributed by atoms with Gasteiger partial charge in [-0.15, -0.1) is 0 Å². The van der Waals surface area contributed by atoms with E-state index in [0.29, 0.717) is 17.4 Å². The number of esters is 1. The van der Waals surface area contributed by atoms with E-state index in [9.17, 15) is 19.0 Å². The summed E-state index contributed by atoms with van der Waals surface area (Å²) >= 11 is 0. The van der Waals surface area contributed by atoms with Crippen molar-refractivity contribution in [3.05, 3.63) is 60.8 Å². The smallest absolute Gasteiger partial charge is 0.306 e. The van der Waals surface area contributed by atoms with Crippen LogP contribution in [-0.2, 0) is 27.9 Å². The Balaban J connectivity index is 4.91. The fraction of sp³-hybridized carbons (Fsp3) is 0.848. The minimum Gasteiger partial charge on any atom is -0.756 e. The Labute approximate surface area is 553 Å². The molecular formula is C79H149N2O7P. The molecule has 10 heteroatoms. The number of hydrogen-bond acceptors (Lipinski definition) is 7. The van der Waals surface area contributed by atoms with E-state index in [-0.39, 0.29) is 31.5 Å². The summed E-state index contributed by atoms with van der Waals surface area (Å²) in [6.45, 7) is 6.86. The predicted octanol–water partition coefficient (Wildman–Crippen LogP) is 24.3. The third-order valence-corrected chi connectivity index (χ3v) is 18.4. The monoisotopic (exact) mass is 1270 g/mol. The van der Waals surface area contributed by atoms with Crippen LogP contribution in [0.3, 0.4) is 0 Å². The molecule has 3 unspecified atom stereocenters. The first-order valence-corrected chi connectivity index (χ1v) is 40.1. The number of carbonyl (C=O) groups is 2. The zero-order valence-electron chi connectivity index (χ0n) is 59.9. The van der Waals surface area contributed by atoms with Crippen molar-refractivity contribution >= 4 is 19.7 Å². The number of phosphoric ester groups is 1. The number of phosphoric acid groups is 1. The van der Waals surface area contributed by atoms with Crippen molar-refractivity contribution in [2.75, 3.05) is 40.9 Å². The van der Waals surface area contributed by atoms with Crippen molar-refractivity contribution in [2.45, 2.75) is 392 Å². The highest BCUT2D eigenvalue weighted by atomic mass is 31.2. The van der Waals surface area contributed by atoms with Crippen LogP contribution in [-0.4, -0.2) is 69.4 Å². The predicted molar refractivity (Wildman–Crippen MR) is 385 cm³/mol. The van der Waals surface area contributed by atoms with Crippen molar-refractivity contribution in [3.8, 4) is 0 Å². The molecule has 0 aromatic heterocycles. The van der Waals surface area contributed by atoms with Gasteiger partial charge in [-0.25, -0.2) is 0 Å². The van der Waals surface area contributed by atoms with Crippen LogP contribution in [0.2, 0.25) is 0 Å². The summed E-state index contributed by atoms with van der Waals surface area (Å²) in [5, 5.41) is 3.05. The Hall–Kier alpha value is -2.29. The standard InChI is InChI=1S/C79H149N2O7P/c1-7-10-13-16-19-22-25-27-29-31-33-35-37-39-40-42-43-45-47-49-51-53-56-59-62-65-68-71-78(82)80-76(75-87-89(84,85)86-74-73-81(4,5)6)77(70-67-64-61-58-55-24-21-18-15-12-9-3)88-79(83)72-69-66-63-60-57-54-52-50-48-46-44-41-38-36-34-32-30-28-26-23-20-17-14-11-8-2/h20,23,28,30,34,36,41,44,67,70,76-77H,7-19,21-22,24-27,29,31-33,35,37-40,42-43,45-66,68-69,71-75H2,1-6H3,(H-,80,82,84,85)/b23-20-,30-28-,36-34-,44-41-,70-67+. The van der Waals surface area contributed by atoms with Gasteiger partial charge in [0.2, 0.25) is 5.91 Å². The normalized spacial score (nSPS) is 13.7. The molecule has 3 atom stereocenters. The van der Waals surface area contributed by atoms with Crippen LogP contribution in [0.5, 0.6) is 0 Å². The second-order valence-corrected chi connectivity index (χ2v) is 28.9. The number of rotatable bonds is 71. The molecular weight excluding hydrogens is 1120 g/mol. The maximum atomic E-state index is 13.6. The fourth-order valence-corrected chi connectivity index (χ4v) is 12.2. The molecule has 0 aliphatic carbocycles. The quantitative estimate of drug-likeness (QED) is 0.0212. The largest absolute Gasteiger partial charge is 0.756 e. The van der Waals surface area contributed by atoms with Crippen LogP contribution in [0.1, 0.15) is 380 Å². The van der Waals surface area contributed by atoms with Crippen LogP contribution in [0.4, 0.5) is 0 Å². The third-order valence-electron chi connectivity index (χ3n) is 17.5. The molecule has 0 saturated heterocycles. The number of nitrogens with zero attached hydrogens (tertiary/aromatic N) is 1. The highest BCUT2D eigenvalue weighted by Gasteiger charge is 2.27. The average Bonchev–Trinajstić information content (AvgIpc) is 3.64. The Morgan fingerprint density at radius 3 is 1.04 bits per heavy atom. The van der Waals surface area contributed by atoms with Crippen LogP contribution in [0, 0.1) is 0 Å². The van der Waals surface area contributed by atoms with E-state index >= 15 is 0 Å². The number of nitrogens with one attached hydrogen (secondary N) is 1. The first-order valence-electron chi connectivity index (χ1n) is 38.6. The van der Waals surface area contributed by atoms with Gasteiger partial charge in [-0.05, 0) is 76.7 Å². The second-order valence-electron chi connectivity index (χ2n) is 27.5. The molecule has 1 N–H and O–H groups in total. The summed E-state index contributed by atoms with van der Waals surface area (Å²) < 4.78 is 30.5. The first kappa shape index (κ1) is 86.7. The topological polar surface area (TPSA) is 114 Å². The molecule has 0 aliphatic rings. The SMILES string of the molecule is CCCCC/C=C\C/C=C\C/C=C\C/C=C\CCCCCCCCCCCC(=O)OC(/C=C/CCCCCCCCCCC)C(COP(=O)([O-])OCC[N+](C)(C)C)NC(=O)CCCCCCCCCCCCCCCCCCCCCCCCCCCCC. The highest BCUT2D eigenvalue weighted by Crippen LogP contribution is 2.38. The van der Waals surface area contributed by atoms with Gasteiger partial charge in [0.25, 0.3) is 7.82 Å². The number of unbranched alkanes of at least 4 members (excludes halogenated alkanes) is 47. The molecule has 0 radical (unpaired) electrons. The number of ether oxygens (including phenoxy) is 1. The summed E-state index contributed by atoms with van der Waals surface area (Å²) in [5.41, 5.74) is 0. The van der Waals surface area contributed by atoms with Gasteiger partial charge in [0.1, 0.15) is 19.3 Å². The van der Waals surface area contributed by atoms with Crippen molar-refractivity contribution < 1.29 is 37.3 Å². The van der Waals surface area contributed by atoms with E-state index in [1.807, 2.05) is 33.3 Å². The van der Waals surface area contributed by atoms with Gasteiger partial charge in [0.05, 0.1) is 33.8 Å². The first-order chi connectivity index (χ1) is 43.4. The molecule has 0 bridgehead atoms. The summed E-state index contributed by atoms with van der Waals surface area (Å²) in [6, 6.07) is -0.891. The Morgan fingerprint density at radius 1 is 0.393 bits per heavy atom. The number of amides is 1. The van der Waals surface area contributed by atoms with Gasteiger partial charge in [0.15, 0.2) is 0 Å². The van der Waals surface area contributed by atoms with Crippen LogP contribution in [0.15, 0.2) is 60.8 Å². The van der Waals surface area contributed by atoms with Crippen molar-refractivity contribution in [1.29, 1.82) is 0 Å². The highest BCUT2D eigenvalue weighted by molar-refractivity contribution is 7.45. The van der Waals surface area contributed by atoms with Gasteiger partial charge in [-0.3, -0.25) is 14.2 Å². The Kier molecular flexibility index (Phi) is 66.8. The number of hydrogen-bond donors (Lipinski definition) is 1. The van der Waals surface area contributed by atoms with Gasteiger partial charge < -0.3 is 28.5 Å². The molecule has 0 fully saturated rings. The van der Waals surface area contributed by atoms with Crippen molar-refractivity contribution in [3.63, 3.8) is 0 Å². The second kappa shape index (κ2) is 68.6. The molecule has 9 nitrogen and oxygen atoms in total. The number of allylic oxidation sites excluding steroid dienone is 9. The molecule has 0 spiro atoms. The summed E-state index contributed by atoms with van der Waals surface area (Å²) in [4.78, 5) is 40.3. The van der Waals surface area contributed by atoms with Crippen LogP contribution >= 0.6 is 7.82 Å². The molecule has 89 heavy (non-hydrogen) atoms. The maximum absolute atomic E-state index is 13.6. The van der Waals surface area contributed by atoms with Crippen molar-refractivity contribution in [1.82, 2.24) is 5.32 Å².